The SMILES string of the molecule is Cc1cn(-c2cnc(-c3ccc(O[C@@H]4CC(C)(C)NC(C)(C)[C@@H]4F)nn3)c(O)c2)cn1. The van der Waals surface area contributed by atoms with E-state index in [9.17, 15) is 9.50 Å². The molecule has 1 aliphatic rings. The molecule has 0 unspecified atom stereocenters. The van der Waals surface area contributed by atoms with Gasteiger partial charge in [0.25, 0.3) is 0 Å². The lowest BCUT2D eigenvalue weighted by molar-refractivity contribution is -0.0281. The minimum atomic E-state index is -1.20. The summed E-state index contributed by atoms with van der Waals surface area (Å²) in [7, 11) is 0. The minimum absolute atomic E-state index is 0.0301. The van der Waals surface area contributed by atoms with Gasteiger partial charge in [-0.1, -0.05) is 0 Å². The Hall–Kier alpha value is -3.07. The molecule has 1 saturated heterocycles. The topological polar surface area (TPSA) is 98.0 Å². The quantitative estimate of drug-likeness (QED) is 0.660. The first-order valence-corrected chi connectivity index (χ1v) is 10.2. The number of pyridine rings is 1. The molecule has 0 saturated carbocycles. The summed E-state index contributed by atoms with van der Waals surface area (Å²) in [5, 5.41) is 22.0. The number of hydrogen-bond acceptors (Lipinski definition) is 7. The molecule has 0 aliphatic carbocycles. The molecule has 0 radical (unpaired) electrons. The normalized spacial score (nSPS) is 22.3. The number of halogens is 1. The Morgan fingerprint density at radius 2 is 1.97 bits per heavy atom. The third kappa shape index (κ3) is 4.36. The summed E-state index contributed by atoms with van der Waals surface area (Å²) in [6, 6.07) is 4.85. The third-order valence-corrected chi connectivity index (χ3v) is 5.41. The number of imidazole rings is 1. The van der Waals surface area contributed by atoms with Gasteiger partial charge in [0.2, 0.25) is 5.88 Å². The number of aromatic nitrogens is 5. The third-order valence-electron chi connectivity index (χ3n) is 5.41. The standard InChI is InChI=1S/C22H27FN6O2/c1-13-11-29(12-25-13)14-8-16(30)19(24-10-14)15-6-7-18(27-26-15)31-17-9-21(2,3)28-22(4,5)20(17)23/h6-8,10-12,17,20,28,30H,9H2,1-5H3/t17-,20-/m1/s1. The van der Waals surface area contributed by atoms with E-state index in [0.717, 1.165) is 5.69 Å². The van der Waals surface area contributed by atoms with Gasteiger partial charge >= 0.3 is 0 Å². The number of alkyl halides is 1. The van der Waals surface area contributed by atoms with Crippen LogP contribution in [0.3, 0.4) is 0 Å². The second kappa shape index (κ2) is 7.56. The van der Waals surface area contributed by atoms with E-state index >= 15 is 0 Å². The van der Waals surface area contributed by atoms with Crippen molar-refractivity contribution in [3.05, 3.63) is 42.6 Å². The van der Waals surface area contributed by atoms with Crippen LogP contribution in [0.2, 0.25) is 0 Å². The summed E-state index contributed by atoms with van der Waals surface area (Å²) >= 11 is 0. The molecule has 2 atom stereocenters. The van der Waals surface area contributed by atoms with Crippen LogP contribution in [0.1, 0.15) is 39.8 Å². The predicted molar refractivity (Wildman–Crippen MR) is 114 cm³/mol. The largest absolute Gasteiger partial charge is 0.506 e. The molecule has 0 amide bonds. The van der Waals surface area contributed by atoms with Gasteiger partial charge in [-0.05, 0) is 40.7 Å². The monoisotopic (exact) mass is 426 g/mol. The Balaban J connectivity index is 1.52. The van der Waals surface area contributed by atoms with E-state index in [-0.39, 0.29) is 17.2 Å². The summed E-state index contributed by atoms with van der Waals surface area (Å²) in [6.07, 6.45) is 3.76. The Kier molecular flexibility index (Phi) is 5.17. The molecule has 0 bridgehead atoms. The molecule has 3 aromatic heterocycles. The average Bonchev–Trinajstić information content (AvgIpc) is 3.12. The first kappa shape index (κ1) is 21.2. The second-order valence-electron chi connectivity index (χ2n) is 9.23. The van der Waals surface area contributed by atoms with Crippen LogP contribution in [-0.4, -0.2) is 53.2 Å². The van der Waals surface area contributed by atoms with Crippen molar-refractivity contribution in [3.63, 3.8) is 0 Å². The lowest BCUT2D eigenvalue weighted by Gasteiger charge is -2.48. The molecule has 9 heteroatoms. The molecule has 1 fully saturated rings. The first-order valence-electron chi connectivity index (χ1n) is 10.2. The minimum Gasteiger partial charge on any atom is -0.506 e. The van der Waals surface area contributed by atoms with Gasteiger partial charge in [-0.3, -0.25) is 0 Å². The van der Waals surface area contributed by atoms with Gasteiger partial charge in [-0.25, -0.2) is 14.4 Å². The summed E-state index contributed by atoms with van der Waals surface area (Å²) in [5.41, 5.74) is 1.24. The van der Waals surface area contributed by atoms with Crippen LogP contribution >= 0.6 is 0 Å². The van der Waals surface area contributed by atoms with Crippen LogP contribution in [0.4, 0.5) is 4.39 Å². The van der Waals surface area contributed by atoms with Gasteiger partial charge in [0.05, 0.1) is 23.9 Å². The number of piperidine rings is 1. The van der Waals surface area contributed by atoms with E-state index in [4.69, 9.17) is 4.74 Å². The molecule has 0 aromatic carbocycles. The molecular weight excluding hydrogens is 399 g/mol. The molecule has 4 rings (SSSR count). The summed E-state index contributed by atoms with van der Waals surface area (Å²) in [5.74, 6) is 0.201. The summed E-state index contributed by atoms with van der Waals surface area (Å²) < 4.78 is 22.6. The molecule has 1 aliphatic heterocycles. The van der Waals surface area contributed by atoms with E-state index in [0.29, 0.717) is 23.5 Å². The van der Waals surface area contributed by atoms with Crippen LogP contribution in [0.25, 0.3) is 17.1 Å². The summed E-state index contributed by atoms with van der Waals surface area (Å²) in [4.78, 5) is 8.49. The van der Waals surface area contributed by atoms with Crippen molar-refractivity contribution >= 4 is 0 Å². The zero-order valence-corrected chi connectivity index (χ0v) is 18.3. The highest BCUT2D eigenvalue weighted by molar-refractivity contribution is 5.63. The van der Waals surface area contributed by atoms with Gasteiger partial charge in [0.1, 0.15) is 23.2 Å². The highest BCUT2D eigenvalue weighted by atomic mass is 19.1. The van der Waals surface area contributed by atoms with Gasteiger partial charge in [0, 0.05) is 35.8 Å². The molecular formula is C22H27FN6O2. The van der Waals surface area contributed by atoms with E-state index < -0.39 is 17.8 Å². The number of ether oxygens (including phenoxy) is 1. The summed E-state index contributed by atoms with van der Waals surface area (Å²) in [6.45, 7) is 9.58. The Bertz CT molecular complexity index is 1080. The van der Waals surface area contributed by atoms with E-state index in [1.54, 1.807) is 35.3 Å². The Morgan fingerprint density at radius 3 is 2.58 bits per heavy atom. The zero-order valence-electron chi connectivity index (χ0n) is 18.3. The van der Waals surface area contributed by atoms with Gasteiger partial charge in [0.15, 0.2) is 6.17 Å². The molecule has 0 spiro atoms. The molecule has 164 valence electrons. The van der Waals surface area contributed by atoms with Crippen molar-refractivity contribution in [1.82, 2.24) is 30.0 Å². The fraction of sp³-hybridized carbons (Fsp3) is 0.455. The highest BCUT2D eigenvalue weighted by Gasteiger charge is 2.47. The van der Waals surface area contributed by atoms with Crippen molar-refractivity contribution in [2.24, 2.45) is 0 Å². The zero-order chi connectivity index (χ0) is 22.4. The maximum atomic E-state index is 14.9. The molecule has 2 N–H and O–H groups in total. The Labute approximate surface area is 180 Å². The second-order valence-corrected chi connectivity index (χ2v) is 9.23. The van der Waals surface area contributed by atoms with Crippen LogP contribution in [0.5, 0.6) is 11.6 Å². The maximum Gasteiger partial charge on any atom is 0.233 e. The lowest BCUT2D eigenvalue weighted by atomic mass is 9.79. The van der Waals surface area contributed by atoms with Crippen molar-refractivity contribution in [2.45, 2.75) is 64.4 Å². The van der Waals surface area contributed by atoms with Crippen LogP contribution in [-0.2, 0) is 0 Å². The van der Waals surface area contributed by atoms with Crippen molar-refractivity contribution in [1.29, 1.82) is 0 Å². The van der Waals surface area contributed by atoms with Crippen molar-refractivity contribution in [2.75, 3.05) is 0 Å². The Morgan fingerprint density at radius 1 is 1.19 bits per heavy atom. The average molecular weight is 426 g/mol. The lowest BCUT2D eigenvalue weighted by Crippen LogP contribution is -2.66. The predicted octanol–water partition coefficient (Wildman–Crippen LogP) is 3.37. The number of nitrogens with zero attached hydrogens (tertiary/aromatic N) is 5. The van der Waals surface area contributed by atoms with Crippen LogP contribution in [0, 0.1) is 6.92 Å². The number of aryl methyl sites for hydroxylation is 1. The molecule has 31 heavy (non-hydrogen) atoms. The maximum absolute atomic E-state index is 14.9. The number of aromatic hydroxyl groups is 1. The molecule has 4 heterocycles. The van der Waals surface area contributed by atoms with Gasteiger partial charge in [-0.15, -0.1) is 10.2 Å². The number of rotatable bonds is 4. The number of hydrogen-bond donors (Lipinski definition) is 2. The van der Waals surface area contributed by atoms with Crippen molar-refractivity contribution in [3.8, 4) is 28.7 Å². The fourth-order valence-corrected chi connectivity index (χ4v) is 4.17. The van der Waals surface area contributed by atoms with Gasteiger partial charge in [-0.2, -0.15) is 0 Å². The van der Waals surface area contributed by atoms with Crippen LogP contribution < -0.4 is 10.1 Å². The first-order chi connectivity index (χ1) is 14.5. The van der Waals surface area contributed by atoms with E-state index in [1.807, 2.05) is 40.8 Å². The highest BCUT2D eigenvalue weighted by Crippen LogP contribution is 2.34. The number of nitrogens with one attached hydrogen (secondary N) is 1. The molecule has 3 aromatic rings. The smallest absolute Gasteiger partial charge is 0.233 e. The molecule has 8 nitrogen and oxygen atoms in total. The van der Waals surface area contributed by atoms with Gasteiger partial charge < -0.3 is 19.7 Å². The van der Waals surface area contributed by atoms with Crippen LogP contribution in [0.15, 0.2) is 36.9 Å². The van der Waals surface area contributed by atoms with Crippen molar-refractivity contribution < 1.29 is 14.2 Å². The fourth-order valence-electron chi connectivity index (χ4n) is 4.17. The van der Waals surface area contributed by atoms with E-state index in [1.165, 1.54) is 0 Å². The van der Waals surface area contributed by atoms with E-state index in [2.05, 4.69) is 25.5 Å².